The summed E-state index contributed by atoms with van der Waals surface area (Å²) in [4.78, 5) is 23.7. The van der Waals surface area contributed by atoms with E-state index in [9.17, 15) is 18.0 Å². The first-order chi connectivity index (χ1) is 12.4. The number of piperidine rings is 1. The van der Waals surface area contributed by atoms with Crippen molar-refractivity contribution in [1.82, 2.24) is 4.31 Å². The van der Waals surface area contributed by atoms with Crippen LogP contribution >= 0.6 is 0 Å². The van der Waals surface area contributed by atoms with E-state index in [2.05, 4.69) is 10.6 Å². The Kier molecular flexibility index (Phi) is 6.98. The second-order valence-electron chi connectivity index (χ2n) is 5.99. The number of rotatable bonds is 6. The molecule has 2 N–H and O–H groups in total. The van der Waals surface area contributed by atoms with Gasteiger partial charge in [-0.25, -0.2) is 17.5 Å². The number of anilines is 2. The zero-order chi connectivity index (χ0) is 19.2. The van der Waals surface area contributed by atoms with E-state index >= 15 is 0 Å². The van der Waals surface area contributed by atoms with Crippen molar-refractivity contribution in [3.05, 3.63) is 24.3 Å². The minimum atomic E-state index is -3.19. The third-order valence-electron chi connectivity index (χ3n) is 4.26. The summed E-state index contributed by atoms with van der Waals surface area (Å²) in [6, 6.07) is 6.72. The van der Waals surface area contributed by atoms with Gasteiger partial charge in [-0.2, -0.15) is 0 Å². The van der Waals surface area contributed by atoms with Gasteiger partial charge < -0.3 is 10.1 Å². The fraction of sp³-hybridized carbons (Fsp3) is 0.529. The fourth-order valence-electron chi connectivity index (χ4n) is 2.74. The van der Waals surface area contributed by atoms with E-state index in [0.717, 1.165) is 0 Å². The van der Waals surface area contributed by atoms with E-state index in [0.29, 0.717) is 43.9 Å². The molecule has 144 valence electrons. The SMILES string of the molecule is CCOC(=O)Nc1ccc(NC(=O)C2CCN(S(=O)(=O)CC)CC2)cc1. The summed E-state index contributed by atoms with van der Waals surface area (Å²) in [7, 11) is -3.19. The van der Waals surface area contributed by atoms with Crippen LogP contribution in [0.25, 0.3) is 0 Å². The monoisotopic (exact) mass is 383 g/mol. The van der Waals surface area contributed by atoms with Gasteiger partial charge in [0.25, 0.3) is 0 Å². The van der Waals surface area contributed by atoms with E-state index in [1.165, 1.54) is 4.31 Å². The summed E-state index contributed by atoms with van der Waals surface area (Å²) in [6.07, 6.45) is 0.485. The van der Waals surface area contributed by atoms with Crippen molar-refractivity contribution in [3.8, 4) is 0 Å². The number of sulfonamides is 1. The molecule has 1 heterocycles. The summed E-state index contributed by atoms with van der Waals surface area (Å²) in [5.74, 6) is -0.254. The molecule has 0 atom stereocenters. The van der Waals surface area contributed by atoms with Crippen molar-refractivity contribution in [2.24, 2.45) is 5.92 Å². The van der Waals surface area contributed by atoms with Gasteiger partial charge >= 0.3 is 6.09 Å². The van der Waals surface area contributed by atoms with Gasteiger partial charge in [0.15, 0.2) is 0 Å². The number of hydrogen-bond acceptors (Lipinski definition) is 5. The summed E-state index contributed by atoms with van der Waals surface area (Å²) < 4.78 is 30.0. The number of benzene rings is 1. The number of ether oxygens (including phenoxy) is 1. The Labute approximate surface area is 153 Å². The minimum Gasteiger partial charge on any atom is -0.450 e. The second kappa shape index (κ2) is 9.00. The highest BCUT2D eigenvalue weighted by molar-refractivity contribution is 7.89. The molecule has 1 aromatic carbocycles. The zero-order valence-electron chi connectivity index (χ0n) is 15.0. The highest BCUT2D eigenvalue weighted by Crippen LogP contribution is 2.22. The summed E-state index contributed by atoms with van der Waals surface area (Å²) >= 11 is 0. The van der Waals surface area contributed by atoms with Gasteiger partial charge in [-0.3, -0.25) is 10.1 Å². The molecule has 1 saturated heterocycles. The third kappa shape index (κ3) is 5.43. The standard InChI is InChI=1S/C17H25N3O5S/c1-3-25-17(22)19-15-7-5-14(6-8-15)18-16(21)13-9-11-20(12-10-13)26(23,24)4-2/h5-8,13H,3-4,9-12H2,1-2H3,(H,18,21)(H,19,22). The van der Waals surface area contributed by atoms with E-state index in [4.69, 9.17) is 4.74 Å². The second-order valence-corrected chi connectivity index (χ2v) is 8.24. The van der Waals surface area contributed by atoms with Gasteiger partial charge in [-0.1, -0.05) is 0 Å². The van der Waals surface area contributed by atoms with E-state index in [1.807, 2.05) is 0 Å². The van der Waals surface area contributed by atoms with Gasteiger partial charge in [0.1, 0.15) is 0 Å². The number of carbonyl (C=O) groups is 2. The van der Waals surface area contributed by atoms with Crippen LogP contribution in [-0.2, 0) is 19.6 Å². The predicted molar refractivity (Wildman–Crippen MR) is 99.5 cm³/mol. The van der Waals surface area contributed by atoms with Crippen molar-refractivity contribution in [3.63, 3.8) is 0 Å². The summed E-state index contributed by atoms with van der Waals surface area (Å²) in [5, 5.41) is 5.41. The molecule has 0 aliphatic carbocycles. The van der Waals surface area contributed by atoms with Crippen LogP contribution in [0.2, 0.25) is 0 Å². The van der Waals surface area contributed by atoms with Crippen molar-refractivity contribution >= 4 is 33.4 Å². The zero-order valence-corrected chi connectivity index (χ0v) is 15.8. The summed E-state index contributed by atoms with van der Waals surface area (Å²) in [6.45, 7) is 4.38. The average Bonchev–Trinajstić information content (AvgIpc) is 2.63. The quantitative estimate of drug-likeness (QED) is 0.784. The van der Waals surface area contributed by atoms with Gasteiger partial charge in [-0.15, -0.1) is 0 Å². The molecule has 0 unspecified atom stereocenters. The first-order valence-electron chi connectivity index (χ1n) is 8.68. The Morgan fingerprint density at radius 2 is 1.62 bits per heavy atom. The largest absolute Gasteiger partial charge is 0.450 e. The molecule has 1 fully saturated rings. The molecule has 2 rings (SSSR count). The lowest BCUT2D eigenvalue weighted by molar-refractivity contribution is -0.120. The molecule has 9 heteroatoms. The lowest BCUT2D eigenvalue weighted by atomic mass is 9.97. The maximum Gasteiger partial charge on any atom is 0.411 e. The molecule has 2 amide bonds. The van der Waals surface area contributed by atoms with Crippen LogP contribution in [0.3, 0.4) is 0 Å². The Bertz CT molecular complexity index is 725. The van der Waals surface area contributed by atoms with Crippen LogP contribution in [0.15, 0.2) is 24.3 Å². The van der Waals surface area contributed by atoms with Gasteiger partial charge in [0.2, 0.25) is 15.9 Å². The van der Waals surface area contributed by atoms with Crippen LogP contribution in [0, 0.1) is 5.92 Å². The molecule has 0 bridgehead atoms. The molecule has 1 aliphatic heterocycles. The number of nitrogens with zero attached hydrogens (tertiary/aromatic N) is 1. The molecule has 0 saturated carbocycles. The topological polar surface area (TPSA) is 105 Å². The van der Waals surface area contributed by atoms with Crippen LogP contribution in [0.4, 0.5) is 16.2 Å². The molecule has 0 aromatic heterocycles. The minimum absolute atomic E-state index is 0.0794. The van der Waals surface area contributed by atoms with Crippen LogP contribution in [0.5, 0.6) is 0 Å². The molecular formula is C17H25N3O5S. The first kappa shape index (κ1) is 20.2. The maximum atomic E-state index is 12.4. The molecule has 0 radical (unpaired) electrons. The lowest BCUT2D eigenvalue weighted by Gasteiger charge is -2.30. The van der Waals surface area contributed by atoms with Crippen molar-refractivity contribution < 1.29 is 22.7 Å². The Balaban J connectivity index is 1.86. The van der Waals surface area contributed by atoms with Gasteiger partial charge in [-0.05, 0) is 51.0 Å². The summed E-state index contributed by atoms with van der Waals surface area (Å²) in [5.41, 5.74) is 1.19. The fourth-order valence-corrected chi connectivity index (χ4v) is 3.88. The normalized spacial score (nSPS) is 16.1. The highest BCUT2D eigenvalue weighted by atomic mass is 32.2. The maximum absolute atomic E-state index is 12.4. The molecule has 8 nitrogen and oxygen atoms in total. The number of amides is 2. The van der Waals surface area contributed by atoms with Gasteiger partial charge in [0, 0.05) is 30.4 Å². The highest BCUT2D eigenvalue weighted by Gasteiger charge is 2.30. The van der Waals surface area contributed by atoms with Crippen LogP contribution < -0.4 is 10.6 Å². The van der Waals surface area contributed by atoms with Crippen molar-refractivity contribution in [2.45, 2.75) is 26.7 Å². The Morgan fingerprint density at radius 3 is 2.12 bits per heavy atom. The van der Waals surface area contributed by atoms with E-state index < -0.39 is 16.1 Å². The van der Waals surface area contributed by atoms with Crippen LogP contribution in [0.1, 0.15) is 26.7 Å². The molecule has 1 aliphatic rings. The third-order valence-corrected chi connectivity index (χ3v) is 6.14. The molecule has 26 heavy (non-hydrogen) atoms. The average molecular weight is 383 g/mol. The van der Waals surface area contributed by atoms with Crippen molar-refractivity contribution in [2.75, 3.05) is 36.1 Å². The first-order valence-corrected chi connectivity index (χ1v) is 10.3. The van der Waals surface area contributed by atoms with E-state index in [1.54, 1.807) is 38.1 Å². The van der Waals surface area contributed by atoms with E-state index in [-0.39, 0.29) is 17.6 Å². The van der Waals surface area contributed by atoms with Gasteiger partial charge in [0.05, 0.1) is 12.4 Å². The Hall–Kier alpha value is -2.13. The predicted octanol–water partition coefficient (Wildman–Crippen LogP) is 2.26. The number of nitrogens with one attached hydrogen (secondary N) is 2. The molecule has 0 spiro atoms. The lowest BCUT2D eigenvalue weighted by Crippen LogP contribution is -2.42. The number of carbonyl (C=O) groups excluding carboxylic acids is 2. The van der Waals surface area contributed by atoms with Crippen LogP contribution in [-0.4, -0.2) is 50.2 Å². The smallest absolute Gasteiger partial charge is 0.411 e. The van der Waals surface area contributed by atoms with Crippen molar-refractivity contribution in [1.29, 1.82) is 0 Å². The number of hydrogen-bond donors (Lipinski definition) is 2. The molecular weight excluding hydrogens is 358 g/mol. The molecule has 1 aromatic rings. The Morgan fingerprint density at radius 1 is 1.08 bits per heavy atom.